The molecule has 0 saturated carbocycles. The first-order chi connectivity index (χ1) is 13.5. The van der Waals surface area contributed by atoms with E-state index in [0.717, 1.165) is 5.56 Å². The van der Waals surface area contributed by atoms with Crippen LogP contribution in [0.1, 0.15) is 20.7 Å². The molecule has 0 unspecified atom stereocenters. The fourth-order valence-electron chi connectivity index (χ4n) is 2.53. The first kappa shape index (κ1) is 19.2. The van der Waals surface area contributed by atoms with Crippen molar-refractivity contribution in [3.63, 3.8) is 0 Å². The number of pyridine rings is 1. The molecule has 0 aliphatic carbocycles. The number of carbonyl (C=O) groups excluding carboxylic acids is 2. The van der Waals surface area contributed by atoms with Gasteiger partial charge >= 0.3 is 0 Å². The highest BCUT2D eigenvalue weighted by Crippen LogP contribution is 2.21. The number of nitrogens with zero attached hydrogens (tertiary/aromatic N) is 1. The average molecular weight is 381 g/mol. The number of alkyl halides is 2. The molecule has 3 aromatic rings. The molecule has 0 radical (unpaired) electrons. The predicted octanol–water partition coefficient (Wildman–Crippen LogP) is 4.00. The molecule has 0 aliphatic heterocycles. The molecule has 5 nitrogen and oxygen atoms in total. The lowest BCUT2D eigenvalue weighted by atomic mass is 10.0. The Morgan fingerprint density at radius 3 is 2.29 bits per heavy atom. The number of rotatable bonds is 6. The van der Waals surface area contributed by atoms with Crippen LogP contribution in [-0.2, 0) is 0 Å². The molecule has 2 aromatic carbocycles. The van der Waals surface area contributed by atoms with E-state index < -0.39 is 18.9 Å². The molecule has 1 heterocycles. The summed E-state index contributed by atoms with van der Waals surface area (Å²) in [5, 5.41) is 4.88. The lowest BCUT2D eigenvalue weighted by molar-refractivity contribution is 0.0891. The second-order valence-corrected chi connectivity index (χ2v) is 5.93. The van der Waals surface area contributed by atoms with Crippen molar-refractivity contribution in [3.05, 3.63) is 84.1 Å². The second-order valence-electron chi connectivity index (χ2n) is 5.93. The number of hydrogen-bond acceptors (Lipinski definition) is 3. The summed E-state index contributed by atoms with van der Waals surface area (Å²) in [6.45, 7) is -0.694. The van der Waals surface area contributed by atoms with Gasteiger partial charge in [0.15, 0.2) is 0 Å². The summed E-state index contributed by atoms with van der Waals surface area (Å²) < 4.78 is 24.5. The van der Waals surface area contributed by atoms with E-state index in [2.05, 4.69) is 15.6 Å². The number of amides is 2. The Labute approximate surface area is 160 Å². The van der Waals surface area contributed by atoms with Crippen LogP contribution in [0.2, 0.25) is 0 Å². The topological polar surface area (TPSA) is 71.1 Å². The zero-order chi connectivity index (χ0) is 19.9. The Bertz CT molecular complexity index is 961. The van der Waals surface area contributed by atoms with Crippen LogP contribution >= 0.6 is 0 Å². The van der Waals surface area contributed by atoms with Crippen LogP contribution < -0.4 is 10.6 Å². The second kappa shape index (κ2) is 8.85. The number of aromatic nitrogens is 1. The minimum Gasteiger partial charge on any atom is -0.346 e. The number of carbonyl (C=O) groups is 2. The summed E-state index contributed by atoms with van der Waals surface area (Å²) in [4.78, 5) is 28.3. The monoisotopic (exact) mass is 381 g/mol. The highest BCUT2D eigenvalue weighted by Gasteiger charge is 2.10. The van der Waals surface area contributed by atoms with Crippen LogP contribution in [0, 0.1) is 0 Å². The van der Waals surface area contributed by atoms with E-state index in [1.54, 1.807) is 66.9 Å². The van der Waals surface area contributed by atoms with Crippen LogP contribution in [0.5, 0.6) is 0 Å². The Hall–Kier alpha value is -3.61. The molecule has 0 fully saturated rings. The molecule has 0 bridgehead atoms. The molecule has 1 aromatic heterocycles. The van der Waals surface area contributed by atoms with E-state index in [4.69, 9.17) is 0 Å². The van der Waals surface area contributed by atoms with Gasteiger partial charge in [0.05, 0.1) is 6.54 Å². The van der Waals surface area contributed by atoms with Gasteiger partial charge in [-0.15, -0.1) is 0 Å². The van der Waals surface area contributed by atoms with Crippen molar-refractivity contribution in [2.45, 2.75) is 6.43 Å². The van der Waals surface area contributed by atoms with Crippen molar-refractivity contribution < 1.29 is 18.4 Å². The van der Waals surface area contributed by atoms with E-state index in [1.807, 2.05) is 6.07 Å². The highest BCUT2D eigenvalue weighted by molar-refractivity contribution is 6.03. The molecule has 3 rings (SSSR count). The summed E-state index contributed by atoms with van der Waals surface area (Å²) in [5.74, 6) is -0.441. The lowest BCUT2D eigenvalue weighted by Crippen LogP contribution is -2.28. The lowest BCUT2D eigenvalue weighted by Gasteiger charge is -2.08. The van der Waals surface area contributed by atoms with Crippen LogP contribution in [0.25, 0.3) is 11.1 Å². The maximum Gasteiger partial charge on any atom is 0.256 e. The Morgan fingerprint density at radius 2 is 1.61 bits per heavy atom. The zero-order valence-corrected chi connectivity index (χ0v) is 14.7. The number of benzene rings is 2. The fourth-order valence-corrected chi connectivity index (χ4v) is 2.53. The van der Waals surface area contributed by atoms with Crippen molar-refractivity contribution in [2.24, 2.45) is 0 Å². The Morgan fingerprint density at radius 1 is 0.857 bits per heavy atom. The van der Waals surface area contributed by atoms with Crippen LogP contribution in [0.3, 0.4) is 0 Å². The Balaban J connectivity index is 1.70. The smallest absolute Gasteiger partial charge is 0.256 e. The van der Waals surface area contributed by atoms with Gasteiger partial charge in [-0.05, 0) is 42.0 Å². The summed E-state index contributed by atoms with van der Waals surface area (Å²) in [6, 6.07) is 18.8. The molecule has 28 heavy (non-hydrogen) atoms. The molecule has 0 saturated heterocycles. The molecule has 7 heteroatoms. The normalized spacial score (nSPS) is 10.5. The third-order valence-corrected chi connectivity index (χ3v) is 3.92. The molecular formula is C21H17F2N3O2. The van der Waals surface area contributed by atoms with Crippen molar-refractivity contribution in [1.82, 2.24) is 10.3 Å². The van der Waals surface area contributed by atoms with E-state index in [-0.39, 0.29) is 11.5 Å². The van der Waals surface area contributed by atoms with Crippen LogP contribution in [-0.4, -0.2) is 29.8 Å². The first-order valence-corrected chi connectivity index (χ1v) is 8.52. The maximum absolute atomic E-state index is 12.2. The quantitative estimate of drug-likeness (QED) is 0.678. The van der Waals surface area contributed by atoms with Crippen molar-refractivity contribution in [2.75, 3.05) is 11.9 Å². The molecule has 142 valence electrons. The van der Waals surface area contributed by atoms with Gasteiger partial charge in [-0.3, -0.25) is 9.59 Å². The minimum absolute atomic E-state index is 0.265. The summed E-state index contributed by atoms with van der Waals surface area (Å²) in [5.41, 5.74) is 2.23. The van der Waals surface area contributed by atoms with Gasteiger partial charge in [-0.1, -0.05) is 30.3 Å². The SMILES string of the molecule is O=C(NCC(F)F)c1cccc(-c2ccc(NC(=O)c3ccccc3)nc2)c1. The molecule has 2 N–H and O–H groups in total. The highest BCUT2D eigenvalue weighted by atomic mass is 19.3. The number of nitrogens with one attached hydrogen (secondary N) is 2. The maximum atomic E-state index is 12.2. The van der Waals surface area contributed by atoms with Gasteiger partial charge in [0.2, 0.25) is 0 Å². The van der Waals surface area contributed by atoms with Gasteiger partial charge in [0.1, 0.15) is 5.82 Å². The zero-order valence-electron chi connectivity index (χ0n) is 14.7. The summed E-state index contributed by atoms with van der Waals surface area (Å²) in [7, 11) is 0. The fraction of sp³-hybridized carbons (Fsp3) is 0.0952. The van der Waals surface area contributed by atoms with E-state index in [9.17, 15) is 18.4 Å². The van der Waals surface area contributed by atoms with Gasteiger partial charge in [0, 0.05) is 22.9 Å². The first-order valence-electron chi connectivity index (χ1n) is 8.52. The van der Waals surface area contributed by atoms with E-state index >= 15 is 0 Å². The number of anilines is 1. The Kier molecular flexibility index (Phi) is 6.06. The molecule has 0 aliphatic rings. The standard InChI is InChI=1S/C21H17F2N3O2/c22-18(23)13-25-20(27)16-8-4-7-15(11-16)17-9-10-19(24-12-17)26-21(28)14-5-2-1-3-6-14/h1-12,18H,13H2,(H,25,27)(H,24,26,28). The molecular weight excluding hydrogens is 364 g/mol. The molecule has 0 atom stereocenters. The third kappa shape index (κ3) is 4.97. The van der Waals surface area contributed by atoms with Crippen LogP contribution in [0.4, 0.5) is 14.6 Å². The third-order valence-electron chi connectivity index (χ3n) is 3.92. The number of hydrogen-bond donors (Lipinski definition) is 2. The van der Waals surface area contributed by atoms with E-state index in [1.165, 1.54) is 0 Å². The largest absolute Gasteiger partial charge is 0.346 e. The average Bonchev–Trinajstić information content (AvgIpc) is 2.73. The van der Waals surface area contributed by atoms with Crippen molar-refractivity contribution in [1.29, 1.82) is 0 Å². The van der Waals surface area contributed by atoms with Crippen molar-refractivity contribution in [3.8, 4) is 11.1 Å². The van der Waals surface area contributed by atoms with Crippen molar-refractivity contribution >= 4 is 17.6 Å². The number of halogens is 2. The summed E-state index contributed by atoms with van der Waals surface area (Å²) >= 11 is 0. The van der Waals surface area contributed by atoms with Crippen LogP contribution in [0.15, 0.2) is 72.9 Å². The molecule has 2 amide bonds. The van der Waals surface area contributed by atoms with Gasteiger partial charge in [-0.25, -0.2) is 13.8 Å². The summed E-state index contributed by atoms with van der Waals surface area (Å²) in [6.07, 6.45) is -1.04. The minimum atomic E-state index is -2.60. The predicted molar refractivity (Wildman–Crippen MR) is 102 cm³/mol. The van der Waals surface area contributed by atoms with Gasteiger partial charge in [-0.2, -0.15) is 0 Å². The van der Waals surface area contributed by atoms with E-state index in [0.29, 0.717) is 16.9 Å². The molecule has 0 spiro atoms. The van der Waals surface area contributed by atoms with Gasteiger partial charge < -0.3 is 10.6 Å². The van der Waals surface area contributed by atoms with Gasteiger partial charge in [0.25, 0.3) is 18.2 Å².